The second-order valence-electron chi connectivity index (χ2n) is 19.7. The molecule has 0 aliphatic carbocycles. The zero-order valence-electron chi connectivity index (χ0n) is 48.0. The SMILES string of the molecule is CCCCCCCC/C=C/CCCCCCCCN(CCOCCOCCOCCOCCOCCOCCOCCOCCN(CCCCCCCC/C=C/CCCCCCCC)CCC(=O)O)CCC(=O)O. The van der Waals surface area contributed by atoms with Crippen LogP contribution in [0.25, 0.3) is 0 Å². The van der Waals surface area contributed by atoms with Gasteiger partial charge in [0.1, 0.15) is 0 Å². The normalized spacial score (nSPS) is 12.0. The summed E-state index contributed by atoms with van der Waals surface area (Å²) in [6, 6.07) is 0. The fourth-order valence-corrected chi connectivity index (χ4v) is 8.37. The molecule has 438 valence electrons. The third kappa shape index (κ3) is 62.6. The van der Waals surface area contributed by atoms with Crippen molar-refractivity contribution in [1.29, 1.82) is 0 Å². The maximum atomic E-state index is 11.2. The third-order valence-corrected chi connectivity index (χ3v) is 13.0. The first-order valence-corrected chi connectivity index (χ1v) is 30.3. The average Bonchev–Trinajstić information content (AvgIpc) is 3.39. The van der Waals surface area contributed by atoms with Crippen LogP contribution in [0.1, 0.15) is 206 Å². The topological polar surface area (TPSA) is 155 Å². The summed E-state index contributed by atoms with van der Waals surface area (Å²) in [6.07, 6.45) is 45.7. The Hall–Kier alpha value is -1.98. The van der Waals surface area contributed by atoms with Crippen molar-refractivity contribution in [2.75, 3.05) is 145 Å². The molecule has 0 bridgehead atoms. The minimum Gasteiger partial charge on any atom is -0.481 e. The summed E-state index contributed by atoms with van der Waals surface area (Å²) in [5, 5.41) is 18.4. The first-order valence-electron chi connectivity index (χ1n) is 30.3. The van der Waals surface area contributed by atoms with Gasteiger partial charge < -0.3 is 57.9 Å². The van der Waals surface area contributed by atoms with Gasteiger partial charge >= 0.3 is 11.9 Å². The predicted molar refractivity (Wildman–Crippen MR) is 303 cm³/mol. The van der Waals surface area contributed by atoms with Crippen LogP contribution in [0.15, 0.2) is 24.3 Å². The highest BCUT2D eigenvalue weighted by atomic mass is 16.6. The number of allylic oxidation sites excluding steroid dienone is 4. The summed E-state index contributed by atoms with van der Waals surface area (Å²) >= 11 is 0. The van der Waals surface area contributed by atoms with Crippen LogP contribution in [0.5, 0.6) is 0 Å². The van der Waals surface area contributed by atoms with Gasteiger partial charge in [-0.05, 0) is 77.3 Å². The number of ether oxygens (including phenoxy) is 8. The van der Waals surface area contributed by atoms with Gasteiger partial charge in [0.2, 0.25) is 0 Å². The molecule has 0 saturated carbocycles. The van der Waals surface area contributed by atoms with Gasteiger partial charge in [0.25, 0.3) is 0 Å². The van der Waals surface area contributed by atoms with E-state index in [-0.39, 0.29) is 12.8 Å². The van der Waals surface area contributed by atoms with E-state index in [9.17, 15) is 19.8 Å². The summed E-state index contributed by atoms with van der Waals surface area (Å²) in [5.74, 6) is -1.52. The lowest BCUT2D eigenvalue weighted by Crippen LogP contribution is -2.31. The quantitative estimate of drug-likeness (QED) is 0.0438. The Bertz CT molecular complexity index is 1090. The van der Waals surface area contributed by atoms with Crippen molar-refractivity contribution < 1.29 is 57.7 Å². The highest BCUT2D eigenvalue weighted by molar-refractivity contribution is 5.67. The molecule has 0 fully saturated rings. The van der Waals surface area contributed by atoms with Crippen LogP contribution >= 0.6 is 0 Å². The molecule has 0 aliphatic rings. The molecular weight excluding hydrogens is 941 g/mol. The summed E-state index contributed by atoms with van der Waals surface area (Å²) in [4.78, 5) is 26.8. The molecule has 0 saturated heterocycles. The fraction of sp³-hybridized carbons (Fsp3) is 0.900. The summed E-state index contributed by atoms with van der Waals surface area (Å²) in [5.41, 5.74) is 0. The third-order valence-electron chi connectivity index (χ3n) is 13.0. The van der Waals surface area contributed by atoms with E-state index in [1.807, 2.05) is 0 Å². The van der Waals surface area contributed by atoms with Crippen LogP contribution in [0.4, 0.5) is 0 Å². The number of hydrogen-bond donors (Lipinski definition) is 2. The molecule has 0 radical (unpaired) electrons. The fourth-order valence-electron chi connectivity index (χ4n) is 8.37. The van der Waals surface area contributed by atoms with Gasteiger partial charge in [-0.1, -0.05) is 154 Å². The molecule has 0 amide bonds. The minimum absolute atomic E-state index is 0.154. The van der Waals surface area contributed by atoms with E-state index in [0.717, 1.165) is 39.0 Å². The van der Waals surface area contributed by atoms with Crippen molar-refractivity contribution in [2.24, 2.45) is 0 Å². The number of carboxylic acid groups (broad SMARTS) is 2. The molecular formula is C60H116N2O12. The molecule has 2 N–H and O–H groups in total. The van der Waals surface area contributed by atoms with Crippen molar-refractivity contribution in [3.05, 3.63) is 24.3 Å². The molecule has 14 heteroatoms. The Balaban J connectivity index is 3.59. The molecule has 0 heterocycles. The van der Waals surface area contributed by atoms with E-state index in [0.29, 0.717) is 119 Å². The Labute approximate surface area is 453 Å². The largest absolute Gasteiger partial charge is 0.481 e. The van der Waals surface area contributed by atoms with Crippen LogP contribution < -0.4 is 0 Å². The van der Waals surface area contributed by atoms with E-state index >= 15 is 0 Å². The van der Waals surface area contributed by atoms with E-state index in [1.165, 1.54) is 167 Å². The zero-order chi connectivity index (χ0) is 53.6. The molecule has 0 aliphatic heterocycles. The van der Waals surface area contributed by atoms with Gasteiger partial charge in [-0.15, -0.1) is 0 Å². The number of nitrogens with zero attached hydrogens (tertiary/aromatic N) is 2. The first kappa shape index (κ1) is 72.0. The van der Waals surface area contributed by atoms with Crippen LogP contribution in [-0.2, 0) is 47.5 Å². The van der Waals surface area contributed by atoms with Crippen molar-refractivity contribution in [3.63, 3.8) is 0 Å². The lowest BCUT2D eigenvalue weighted by atomic mass is 10.1. The molecule has 0 unspecified atom stereocenters. The van der Waals surface area contributed by atoms with E-state index < -0.39 is 11.9 Å². The number of hydrogen-bond acceptors (Lipinski definition) is 12. The van der Waals surface area contributed by atoms with Gasteiger partial charge in [-0.25, -0.2) is 0 Å². The van der Waals surface area contributed by atoms with E-state index in [4.69, 9.17) is 37.9 Å². The Morgan fingerprint density at radius 2 is 0.500 bits per heavy atom. The predicted octanol–water partition coefficient (Wildman–Crippen LogP) is 12.7. The highest BCUT2D eigenvalue weighted by Gasteiger charge is 2.09. The molecule has 0 aromatic rings. The minimum atomic E-state index is -0.759. The smallest absolute Gasteiger partial charge is 0.304 e. The Kier molecular flexibility index (Phi) is 61.9. The van der Waals surface area contributed by atoms with Crippen molar-refractivity contribution in [1.82, 2.24) is 9.80 Å². The van der Waals surface area contributed by atoms with E-state index in [2.05, 4.69) is 48.0 Å². The van der Waals surface area contributed by atoms with Crippen LogP contribution in [0.2, 0.25) is 0 Å². The molecule has 74 heavy (non-hydrogen) atoms. The average molecular weight is 1060 g/mol. The summed E-state index contributed by atoms with van der Waals surface area (Å²) in [6.45, 7) is 16.9. The first-order chi connectivity index (χ1) is 36.5. The molecule has 0 aromatic carbocycles. The van der Waals surface area contributed by atoms with Crippen molar-refractivity contribution in [2.45, 2.75) is 206 Å². The van der Waals surface area contributed by atoms with Gasteiger partial charge in [-0.2, -0.15) is 0 Å². The second kappa shape index (κ2) is 63.6. The lowest BCUT2D eigenvalue weighted by Gasteiger charge is -2.21. The maximum absolute atomic E-state index is 11.2. The summed E-state index contributed by atoms with van der Waals surface area (Å²) < 4.78 is 45.1. The number of unbranched alkanes of at least 4 members (excludes halogenated alkanes) is 24. The van der Waals surface area contributed by atoms with Crippen molar-refractivity contribution >= 4 is 11.9 Å². The van der Waals surface area contributed by atoms with Crippen LogP contribution in [0, 0.1) is 0 Å². The van der Waals surface area contributed by atoms with E-state index in [1.54, 1.807) is 0 Å². The molecule has 0 aromatic heterocycles. The summed E-state index contributed by atoms with van der Waals surface area (Å²) in [7, 11) is 0. The molecule has 0 atom stereocenters. The van der Waals surface area contributed by atoms with Crippen LogP contribution in [-0.4, -0.2) is 177 Å². The Morgan fingerprint density at radius 1 is 0.284 bits per heavy atom. The Morgan fingerprint density at radius 3 is 0.743 bits per heavy atom. The number of carbonyl (C=O) groups is 2. The maximum Gasteiger partial charge on any atom is 0.304 e. The van der Waals surface area contributed by atoms with Gasteiger partial charge in [-0.3, -0.25) is 9.59 Å². The van der Waals surface area contributed by atoms with Gasteiger partial charge in [0.05, 0.1) is 119 Å². The molecule has 0 spiro atoms. The molecule has 0 rings (SSSR count). The monoisotopic (exact) mass is 1060 g/mol. The highest BCUT2D eigenvalue weighted by Crippen LogP contribution is 2.13. The van der Waals surface area contributed by atoms with Gasteiger partial charge in [0.15, 0.2) is 0 Å². The van der Waals surface area contributed by atoms with Crippen molar-refractivity contribution in [3.8, 4) is 0 Å². The number of aliphatic carboxylic acids is 2. The zero-order valence-corrected chi connectivity index (χ0v) is 48.0. The standard InChI is InChI=1S/C60H116N2O12/c1-3-5-7-9-11-13-15-17-19-21-23-25-27-29-31-33-37-61(39-35-59(63)64)41-43-67-45-47-69-49-51-71-53-55-73-57-58-74-56-54-72-52-50-70-48-46-68-44-42-62(40-36-60(65)66)38-34-32-30-28-26-24-22-20-18-16-14-12-10-8-6-4-2/h17-20H,3-16,21-58H2,1-2H3,(H,63,64)(H,65,66)/b19-17+,20-18+. The molecule has 14 nitrogen and oxygen atoms in total. The van der Waals surface area contributed by atoms with Gasteiger partial charge in [0, 0.05) is 26.2 Å². The lowest BCUT2D eigenvalue weighted by molar-refractivity contribution is -0.138. The number of carboxylic acids is 2. The van der Waals surface area contributed by atoms with Crippen LogP contribution in [0.3, 0.4) is 0 Å². The number of rotatable bonds is 65. The second-order valence-corrected chi connectivity index (χ2v) is 19.7.